The van der Waals surface area contributed by atoms with E-state index in [4.69, 9.17) is 9.47 Å². The minimum atomic E-state index is -0.342. The molecule has 2 rings (SSSR count). The first-order chi connectivity index (χ1) is 8.26. The van der Waals surface area contributed by atoms with E-state index in [0.717, 1.165) is 12.8 Å². The summed E-state index contributed by atoms with van der Waals surface area (Å²) < 4.78 is 24.2. The van der Waals surface area contributed by atoms with Crippen LogP contribution in [0.5, 0.6) is 0 Å². The number of nitrogens with one attached hydrogen (secondary N) is 1. The van der Waals surface area contributed by atoms with Crippen LogP contribution < -0.4 is 5.32 Å². The third kappa shape index (κ3) is 2.92. The number of pyridine rings is 1. The van der Waals surface area contributed by atoms with Crippen molar-refractivity contribution in [2.24, 2.45) is 0 Å². The molecule has 1 fully saturated rings. The van der Waals surface area contributed by atoms with Gasteiger partial charge in [-0.05, 0) is 12.1 Å². The van der Waals surface area contributed by atoms with Gasteiger partial charge in [-0.2, -0.15) is 0 Å². The number of aromatic nitrogens is 1. The smallest absolute Gasteiger partial charge is 0.165 e. The summed E-state index contributed by atoms with van der Waals surface area (Å²) in [5, 5.41) is 3.01. The zero-order valence-electron chi connectivity index (χ0n) is 9.91. The van der Waals surface area contributed by atoms with E-state index in [1.54, 1.807) is 19.4 Å². The Bertz CT molecular complexity index is 367. The molecule has 0 saturated carbocycles. The van der Waals surface area contributed by atoms with E-state index in [-0.39, 0.29) is 17.2 Å². The molecule has 1 aliphatic rings. The number of anilines is 1. The molecule has 4 nitrogen and oxygen atoms in total. The molecule has 17 heavy (non-hydrogen) atoms. The SMILES string of the molecule is COC1(CNc2ncccc2F)CCOCC1. The quantitative estimate of drug-likeness (QED) is 0.872. The summed E-state index contributed by atoms with van der Waals surface area (Å²) in [6, 6.07) is 2.96. The fourth-order valence-electron chi connectivity index (χ4n) is 1.96. The van der Waals surface area contributed by atoms with E-state index >= 15 is 0 Å². The zero-order valence-corrected chi connectivity index (χ0v) is 9.91. The summed E-state index contributed by atoms with van der Waals surface area (Å²) in [6.45, 7) is 1.90. The number of methoxy groups -OCH3 is 1. The van der Waals surface area contributed by atoms with Crippen molar-refractivity contribution in [2.45, 2.75) is 18.4 Å². The van der Waals surface area contributed by atoms with Crippen molar-refractivity contribution < 1.29 is 13.9 Å². The monoisotopic (exact) mass is 240 g/mol. The number of nitrogens with zero attached hydrogens (tertiary/aromatic N) is 1. The Morgan fingerprint density at radius 1 is 1.53 bits per heavy atom. The molecular formula is C12H17FN2O2. The first-order valence-electron chi connectivity index (χ1n) is 5.73. The highest BCUT2D eigenvalue weighted by atomic mass is 19.1. The molecule has 1 aromatic rings. The minimum Gasteiger partial charge on any atom is -0.381 e. The van der Waals surface area contributed by atoms with Gasteiger partial charge in [-0.3, -0.25) is 0 Å². The second-order valence-electron chi connectivity index (χ2n) is 4.19. The molecule has 5 heteroatoms. The normalized spacial score (nSPS) is 18.9. The highest BCUT2D eigenvalue weighted by Crippen LogP contribution is 2.25. The van der Waals surface area contributed by atoms with Gasteiger partial charge in [0.1, 0.15) is 0 Å². The Balaban J connectivity index is 1.98. The average molecular weight is 240 g/mol. The molecule has 0 aliphatic carbocycles. The van der Waals surface area contributed by atoms with Gasteiger partial charge >= 0.3 is 0 Å². The van der Waals surface area contributed by atoms with Gasteiger partial charge in [0, 0.05) is 45.9 Å². The molecule has 0 unspecified atom stereocenters. The molecule has 0 spiro atoms. The molecule has 2 heterocycles. The van der Waals surface area contributed by atoms with Crippen LogP contribution in [-0.4, -0.2) is 37.5 Å². The van der Waals surface area contributed by atoms with Gasteiger partial charge in [0.2, 0.25) is 0 Å². The van der Waals surface area contributed by atoms with Crippen LogP contribution in [0.1, 0.15) is 12.8 Å². The molecule has 0 amide bonds. The predicted molar refractivity (Wildman–Crippen MR) is 62.5 cm³/mol. The van der Waals surface area contributed by atoms with Crippen molar-refractivity contribution in [3.63, 3.8) is 0 Å². The van der Waals surface area contributed by atoms with Gasteiger partial charge in [-0.1, -0.05) is 0 Å². The van der Waals surface area contributed by atoms with Crippen molar-refractivity contribution in [1.29, 1.82) is 0 Å². The molecule has 0 atom stereocenters. The molecular weight excluding hydrogens is 223 g/mol. The molecule has 94 valence electrons. The number of halogens is 1. The highest BCUT2D eigenvalue weighted by Gasteiger charge is 2.32. The van der Waals surface area contributed by atoms with Gasteiger partial charge in [0.15, 0.2) is 11.6 Å². The van der Waals surface area contributed by atoms with E-state index in [1.807, 2.05) is 0 Å². The fourth-order valence-corrected chi connectivity index (χ4v) is 1.96. The summed E-state index contributed by atoms with van der Waals surface area (Å²) in [6.07, 6.45) is 3.19. The Labute approximate surface area is 100 Å². The first kappa shape index (κ1) is 12.3. The molecule has 0 bridgehead atoms. The minimum absolute atomic E-state index is 0.274. The topological polar surface area (TPSA) is 43.4 Å². The Kier molecular flexibility index (Phi) is 3.91. The second-order valence-corrected chi connectivity index (χ2v) is 4.19. The molecule has 1 N–H and O–H groups in total. The number of ether oxygens (including phenoxy) is 2. The van der Waals surface area contributed by atoms with Gasteiger partial charge in [-0.15, -0.1) is 0 Å². The third-order valence-corrected chi connectivity index (χ3v) is 3.17. The molecule has 1 saturated heterocycles. The van der Waals surface area contributed by atoms with E-state index in [2.05, 4.69) is 10.3 Å². The van der Waals surface area contributed by atoms with Crippen LogP contribution in [0.3, 0.4) is 0 Å². The molecule has 1 aliphatic heterocycles. The van der Waals surface area contributed by atoms with Crippen LogP contribution >= 0.6 is 0 Å². The van der Waals surface area contributed by atoms with Crippen LogP contribution in [0.4, 0.5) is 10.2 Å². The fraction of sp³-hybridized carbons (Fsp3) is 0.583. The van der Waals surface area contributed by atoms with Gasteiger partial charge in [0.05, 0.1) is 5.60 Å². The predicted octanol–water partition coefficient (Wildman–Crippen LogP) is 1.83. The van der Waals surface area contributed by atoms with E-state index in [9.17, 15) is 4.39 Å². The molecule has 0 radical (unpaired) electrons. The lowest BCUT2D eigenvalue weighted by Gasteiger charge is -2.36. The van der Waals surface area contributed by atoms with Crippen LogP contribution in [0.2, 0.25) is 0 Å². The lowest BCUT2D eigenvalue weighted by atomic mass is 9.94. The van der Waals surface area contributed by atoms with E-state index < -0.39 is 0 Å². The summed E-state index contributed by atoms with van der Waals surface area (Å²) in [4.78, 5) is 3.96. The number of hydrogen-bond donors (Lipinski definition) is 1. The van der Waals surface area contributed by atoms with Crippen molar-refractivity contribution in [1.82, 2.24) is 4.98 Å². The summed E-state index contributed by atoms with van der Waals surface area (Å²) in [5.74, 6) is -0.0683. The summed E-state index contributed by atoms with van der Waals surface area (Å²) in [7, 11) is 1.68. The summed E-state index contributed by atoms with van der Waals surface area (Å²) >= 11 is 0. The van der Waals surface area contributed by atoms with E-state index in [0.29, 0.717) is 19.8 Å². The van der Waals surface area contributed by atoms with Gasteiger partial charge in [0.25, 0.3) is 0 Å². The number of hydrogen-bond acceptors (Lipinski definition) is 4. The van der Waals surface area contributed by atoms with Crippen molar-refractivity contribution in [3.8, 4) is 0 Å². The lowest BCUT2D eigenvalue weighted by molar-refractivity contribution is -0.0807. The maximum Gasteiger partial charge on any atom is 0.165 e. The summed E-state index contributed by atoms with van der Waals surface area (Å²) in [5.41, 5.74) is -0.276. The Hall–Kier alpha value is -1.20. The Morgan fingerprint density at radius 3 is 2.94 bits per heavy atom. The van der Waals surface area contributed by atoms with Crippen molar-refractivity contribution in [2.75, 3.05) is 32.2 Å². The van der Waals surface area contributed by atoms with E-state index in [1.165, 1.54) is 6.07 Å². The number of rotatable bonds is 4. The van der Waals surface area contributed by atoms with Crippen molar-refractivity contribution >= 4 is 5.82 Å². The average Bonchev–Trinajstić information content (AvgIpc) is 2.39. The first-order valence-corrected chi connectivity index (χ1v) is 5.73. The van der Waals surface area contributed by atoms with Crippen LogP contribution in [-0.2, 0) is 9.47 Å². The Morgan fingerprint density at radius 2 is 2.29 bits per heavy atom. The molecule has 0 aromatic carbocycles. The van der Waals surface area contributed by atoms with Gasteiger partial charge < -0.3 is 14.8 Å². The highest BCUT2D eigenvalue weighted by molar-refractivity contribution is 5.35. The largest absolute Gasteiger partial charge is 0.381 e. The third-order valence-electron chi connectivity index (χ3n) is 3.17. The zero-order chi connectivity index (χ0) is 12.1. The van der Waals surface area contributed by atoms with Crippen LogP contribution in [0.25, 0.3) is 0 Å². The lowest BCUT2D eigenvalue weighted by Crippen LogP contribution is -2.44. The van der Waals surface area contributed by atoms with Crippen LogP contribution in [0, 0.1) is 5.82 Å². The molecule has 1 aromatic heterocycles. The maximum absolute atomic E-state index is 13.4. The van der Waals surface area contributed by atoms with Gasteiger partial charge in [-0.25, -0.2) is 9.37 Å². The van der Waals surface area contributed by atoms with Crippen LogP contribution in [0.15, 0.2) is 18.3 Å². The second kappa shape index (κ2) is 5.42. The van der Waals surface area contributed by atoms with Crippen molar-refractivity contribution in [3.05, 3.63) is 24.1 Å². The standard InChI is InChI=1S/C12H17FN2O2/c1-16-12(4-7-17-8-5-12)9-15-11-10(13)3-2-6-14-11/h2-3,6H,4-5,7-9H2,1H3,(H,14,15). The maximum atomic E-state index is 13.4.